The van der Waals surface area contributed by atoms with Crippen LogP contribution >= 0.6 is 11.6 Å². The highest BCUT2D eigenvalue weighted by Gasteiger charge is 2.49. The number of hydrogen-bond donors (Lipinski definition) is 1. The fourth-order valence-electron chi connectivity index (χ4n) is 10.3. The summed E-state index contributed by atoms with van der Waals surface area (Å²) in [6, 6.07) is 0. The zero-order chi connectivity index (χ0) is 57.7. The van der Waals surface area contributed by atoms with E-state index in [4.69, 9.17) is 49.5 Å². The van der Waals surface area contributed by atoms with E-state index in [2.05, 4.69) is 50.9 Å². The monoisotopic (exact) mass is 1180 g/mol. The molecular formula is C58H94ClF2N9O12. The highest BCUT2D eigenvalue weighted by molar-refractivity contribution is 6.63. The minimum Gasteiger partial charge on any atom is -0.472 e. The lowest BCUT2D eigenvalue weighted by Gasteiger charge is -2.46. The van der Waals surface area contributed by atoms with Gasteiger partial charge in [-0.25, -0.2) is 9.59 Å². The van der Waals surface area contributed by atoms with Crippen LogP contribution in [0.4, 0.5) is 18.4 Å². The second-order valence-corrected chi connectivity index (χ2v) is 23.6. The van der Waals surface area contributed by atoms with Crippen molar-refractivity contribution in [3.63, 3.8) is 0 Å². The third kappa shape index (κ3) is 19.0. The lowest BCUT2D eigenvalue weighted by Crippen LogP contribution is -2.59. The van der Waals surface area contributed by atoms with Crippen LogP contribution in [0.1, 0.15) is 129 Å². The number of amides is 3. The molecule has 10 rings (SSSR count). The Balaban J connectivity index is 0.000000244. The molecule has 2 aromatic rings. The highest BCUT2D eigenvalue weighted by Crippen LogP contribution is 2.42. The van der Waals surface area contributed by atoms with Gasteiger partial charge in [-0.2, -0.15) is 28.7 Å². The summed E-state index contributed by atoms with van der Waals surface area (Å²) in [5.41, 5.74) is -0.651. The summed E-state index contributed by atoms with van der Waals surface area (Å²) in [4.78, 5) is 71.0. The number of nitrogens with zero attached hydrogens (tertiary/aromatic N) is 8. The van der Waals surface area contributed by atoms with Crippen LogP contribution in [-0.4, -0.2) is 197 Å². The molecule has 4 unspecified atom stereocenters. The molecule has 0 radical (unpaired) electrons. The molecule has 3 amide bonds. The summed E-state index contributed by atoms with van der Waals surface area (Å²) in [6.07, 6.45) is 7.34. The van der Waals surface area contributed by atoms with Gasteiger partial charge in [0, 0.05) is 87.6 Å². The number of fused-ring (bicyclic) bond motifs is 4. The standard InChI is InChI=1S/C25H35FN4O6.C21H29FN4O5.C6H15N.C4H7ClO.2CH4/c1-15(2)23(31)29-8-4-18(5-9-29)34-21-19(26)22(28-14-27-21)35-20-16-10-30(11-17(20)13-33-12-16)24(32)36-25(3)6-7-25;1-21(4-5-21)31-20(27)26-8-13-10-28-11-14(9-26)17(13)30-19-16(22)18(24-12-25-19)29-15-2-6-23-7-3-15;1-4-7(5-2)6-3;1-3(2)4(5)6;;/h14-18,20H,4-13H2,1-3H3;12-15,17,23H,2-11H2,1H3;4-6H2,1-3H3;3H,1-2H3;2*1H4. The predicted octanol–water partition coefficient (Wildman–Crippen LogP) is 8.45. The van der Waals surface area contributed by atoms with Crippen molar-refractivity contribution in [1.29, 1.82) is 0 Å². The summed E-state index contributed by atoms with van der Waals surface area (Å²) < 4.78 is 76.8. The predicted molar refractivity (Wildman–Crippen MR) is 304 cm³/mol. The number of carbonyl (C=O) groups is 4. The third-order valence-electron chi connectivity index (χ3n) is 15.9. The van der Waals surface area contributed by atoms with Crippen molar-refractivity contribution >= 4 is 34.9 Å². The number of carbonyl (C=O) groups excluding carboxylic acids is 4. The first-order valence-corrected chi connectivity index (χ1v) is 29.3. The van der Waals surface area contributed by atoms with E-state index < -0.39 is 11.6 Å². The Morgan fingerprint density at radius 2 is 0.951 bits per heavy atom. The van der Waals surface area contributed by atoms with Crippen molar-refractivity contribution in [1.82, 2.24) is 44.9 Å². The van der Waals surface area contributed by atoms with Crippen molar-refractivity contribution in [2.45, 2.75) is 164 Å². The first-order valence-electron chi connectivity index (χ1n) is 28.9. The summed E-state index contributed by atoms with van der Waals surface area (Å²) >= 11 is 4.97. The molecule has 21 nitrogen and oxygen atoms in total. The molecule has 464 valence electrons. The molecule has 6 aliphatic heterocycles. The summed E-state index contributed by atoms with van der Waals surface area (Å²) in [6.45, 7) is 27.5. The summed E-state index contributed by atoms with van der Waals surface area (Å²) in [7, 11) is 0. The average Bonchev–Trinajstić information content (AvgIpc) is 4.49. The summed E-state index contributed by atoms with van der Waals surface area (Å²) in [5, 5.41) is 2.98. The molecule has 4 atom stereocenters. The number of aromatic nitrogens is 4. The van der Waals surface area contributed by atoms with Gasteiger partial charge in [0.25, 0.3) is 23.5 Å². The fraction of sp³-hybridized carbons (Fsp3) is 0.793. The van der Waals surface area contributed by atoms with E-state index in [9.17, 15) is 19.2 Å². The van der Waals surface area contributed by atoms with E-state index >= 15 is 8.78 Å². The average molecular weight is 1180 g/mol. The zero-order valence-corrected chi connectivity index (χ0v) is 49.1. The largest absolute Gasteiger partial charge is 0.472 e. The lowest BCUT2D eigenvalue weighted by molar-refractivity contribution is -0.136. The molecule has 4 bridgehead atoms. The molecule has 8 fully saturated rings. The van der Waals surface area contributed by atoms with E-state index in [0.717, 1.165) is 51.6 Å². The smallest absolute Gasteiger partial charge is 0.410 e. The van der Waals surface area contributed by atoms with Crippen molar-refractivity contribution in [2.75, 3.05) is 98.4 Å². The Morgan fingerprint density at radius 1 is 0.610 bits per heavy atom. The molecule has 8 aliphatic rings. The second kappa shape index (κ2) is 31.3. The number of rotatable bonds is 15. The van der Waals surface area contributed by atoms with E-state index in [1.165, 1.54) is 32.3 Å². The molecule has 2 aromatic heterocycles. The second-order valence-electron chi connectivity index (χ2n) is 23.3. The van der Waals surface area contributed by atoms with Gasteiger partial charge in [-0.3, -0.25) is 9.59 Å². The van der Waals surface area contributed by atoms with E-state index in [0.29, 0.717) is 78.5 Å². The minimum atomic E-state index is -0.735. The molecule has 2 aliphatic carbocycles. The van der Waals surface area contributed by atoms with Crippen molar-refractivity contribution in [3.05, 3.63) is 24.3 Å². The fourth-order valence-corrected chi connectivity index (χ4v) is 10.3. The molecular weight excluding hydrogens is 1090 g/mol. The van der Waals surface area contributed by atoms with Gasteiger partial charge >= 0.3 is 12.2 Å². The van der Waals surface area contributed by atoms with Crippen LogP contribution in [0.2, 0.25) is 0 Å². The number of halogens is 3. The van der Waals surface area contributed by atoms with Gasteiger partial charge in [0.05, 0.1) is 26.4 Å². The van der Waals surface area contributed by atoms with Gasteiger partial charge in [-0.1, -0.05) is 63.3 Å². The number of nitrogens with one attached hydrogen (secondary N) is 1. The Morgan fingerprint density at radius 3 is 1.26 bits per heavy atom. The maximum atomic E-state index is 15.3. The number of ether oxygens (including phenoxy) is 8. The normalized spacial score (nSPS) is 24.9. The van der Waals surface area contributed by atoms with Gasteiger partial charge in [-0.05, 0) is 96.7 Å². The number of piperidine rings is 4. The molecule has 8 heterocycles. The molecule has 2 saturated carbocycles. The minimum absolute atomic E-state index is 0. The van der Waals surface area contributed by atoms with E-state index in [-0.39, 0.29) is 133 Å². The topological polar surface area (TPSA) is 219 Å². The quantitative estimate of drug-likeness (QED) is 0.165. The SMILES string of the molecule is C.C.CC(C)C(=O)Cl.CC(C)C(=O)N1CCC(Oc2ncnc(OC3C4COCC3CN(C(=O)OC3(C)CC3)C4)c2F)CC1.CC1(OC(=O)N2CC3COCC(C2)C3Oc2ncnc(OC3CCNCC3)c2F)CC1.CCN(CC)CC. The highest BCUT2D eigenvalue weighted by atomic mass is 35.5. The Labute approximate surface area is 489 Å². The van der Waals surface area contributed by atoms with Gasteiger partial charge < -0.3 is 62.8 Å². The maximum absolute atomic E-state index is 15.3. The zero-order valence-electron chi connectivity index (χ0n) is 48.3. The molecule has 6 saturated heterocycles. The molecule has 0 aromatic carbocycles. The molecule has 1 N–H and O–H groups in total. The molecule has 82 heavy (non-hydrogen) atoms. The van der Waals surface area contributed by atoms with Crippen LogP contribution in [0.3, 0.4) is 0 Å². The maximum Gasteiger partial charge on any atom is 0.410 e. The van der Waals surface area contributed by atoms with Gasteiger partial charge in [0.1, 0.15) is 48.3 Å². The van der Waals surface area contributed by atoms with Crippen LogP contribution in [-0.2, 0) is 28.5 Å². The molecule has 0 spiro atoms. The summed E-state index contributed by atoms with van der Waals surface area (Å²) in [5.74, 6) is -2.28. The van der Waals surface area contributed by atoms with Gasteiger partial charge in [0.15, 0.2) is 0 Å². The van der Waals surface area contributed by atoms with Crippen molar-refractivity contribution in [2.24, 2.45) is 35.5 Å². The van der Waals surface area contributed by atoms with E-state index in [1.54, 1.807) is 23.6 Å². The number of hydrogen-bond acceptors (Lipinski definition) is 18. The number of likely N-dealkylation sites (tertiary alicyclic amines) is 3. The Hall–Kier alpha value is -4.97. The van der Waals surface area contributed by atoms with Crippen LogP contribution in [0.5, 0.6) is 23.5 Å². The van der Waals surface area contributed by atoms with Crippen molar-refractivity contribution < 1.29 is 65.9 Å². The van der Waals surface area contributed by atoms with Crippen LogP contribution in [0.15, 0.2) is 12.7 Å². The first kappa shape index (κ1) is 67.8. The van der Waals surface area contributed by atoms with Crippen LogP contribution in [0.25, 0.3) is 0 Å². The Kier molecular flexibility index (Phi) is 25.8. The van der Waals surface area contributed by atoms with Gasteiger partial charge in [0.2, 0.25) is 22.8 Å². The first-order chi connectivity index (χ1) is 38.2. The van der Waals surface area contributed by atoms with E-state index in [1.807, 2.05) is 32.6 Å². The lowest BCUT2D eigenvalue weighted by atomic mass is 9.84. The van der Waals surface area contributed by atoms with Gasteiger partial charge in [-0.15, -0.1) is 0 Å². The Bertz CT molecular complexity index is 2320. The van der Waals surface area contributed by atoms with Crippen LogP contribution in [0, 0.1) is 47.1 Å². The van der Waals surface area contributed by atoms with Crippen LogP contribution < -0.4 is 24.3 Å². The van der Waals surface area contributed by atoms with Crippen molar-refractivity contribution in [3.8, 4) is 23.5 Å². The molecule has 24 heteroatoms. The third-order valence-corrected chi connectivity index (χ3v) is 16.4.